The number of ether oxygens (including phenoxy) is 2. The zero-order valence-corrected chi connectivity index (χ0v) is 10.7. The van der Waals surface area contributed by atoms with Crippen LogP contribution in [-0.4, -0.2) is 25.3 Å². The molecule has 1 aromatic rings. The summed E-state index contributed by atoms with van der Waals surface area (Å²) in [6.45, 7) is 0.659. The van der Waals surface area contributed by atoms with Crippen molar-refractivity contribution in [3.8, 4) is 11.5 Å². The molecule has 0 heterocycles. The van der Waals surface area contributed by atoms with Crippen LogP contribution in [0.15, 0.2) is 12.1 Å². The SMILES string of the molecule is COc1cc(C(N)C(=O)O)c(C(C)(F)F)cc1OC. The quantitative estimate of drug-likeness (QED) is 0.857. The number of carbonyl (C=O) groups is 1. The Bertz CT molecular complexity index is 485. The van der Waals surface area contributed by atoms with Crippen molar-refractivity contribution in [2.45, 2.75) is 18.9 Å². The number of carboxylic acids is 1. The number of rotatable bonds is 5. The van der Waals surface area contributed by atoms with E-state index in [9.17, 15) is 13.6 Å². The molecule has 1 aromatic carbocycles. The zero-order chi connectivity index (χ0) is 14.8. The molecule has 0 aliphatic rings. The summed E-state index contributed by atoms with van der Waals surface area (Å²) in [6.07, 6.45) is 0. The van der Waals surface area contributed by atoms with Crippen LogP contribution in [0.2, 0.25) is 0 Å². The summed E-state index contributed by atoms with van der Waals surface area (Å²) in [6, 6.07) is 0.627. The highest BCUT2D eigenvalue weighted by Crippen LogP contribution is 2.39. The third kappa shape index (κ3) is 3.11. The van der Waals surface area contributed by atoms with E-state index in [-0.39, 0.29) is 17.1 Å². The number of nitrogens with two attached hydrogens (primary N) is 1. The number of hydrogen-bond donors (Lipinski definition) is 2. The summed E-state index contributed by atoms with van der Waals surface area (Å²) in [4.78, 5) is 10.9. The molecule has 0 bridgehead atoms. The Hall–Kier alpha value is -1.89. The molecule has 0 aliphatic carbocycles. The first kappa shape index (κ1) is 15.2. The van der Waals surface area contributed by atoms with Gasteiger partial charge in [0.1, 0.15) is 6.04 Å². The van der Waals surface area contributed by atoms with Crippen LogP contribution in [0.3, 0.4) is 0 Å². The Morgan fingerprint density at radius 1 is 1.32 bits per heavy atom. The molecule has 5 nitrogen and oxygen atoms in total. The highest BCUT2D eigenvalue weighted by Gasteiger charge is 2.33. The van der Waals surface area contributed by atoms with Gasteiger partial charge in [0.05, 0.1) is 14.2 Å². The van der Waals surface area contributed by atoms with E-state index in [4.69, 9.17) is 20.3 Å². The molecule has 0 spiro atoms. The van der Waals surface area contributed by atoms with Crippen LogP contribution >= 0.6 is 0 Å². The van der Waals surface area contributed by atoms with Crippen molar-refractivity contribution in [2.75, 3.05) is 14.2 Å². The minimum atomic E-state index is -3.25. The van der Waals surface area contributed by atoms with Crippen molar-refractivity contribution in [2.24, 2.45) is 5.73 Å². The highest BCUT2D eigenvalue weighted by atomic mass is 19.3. The van der Waals surface area contributed by atoms with E-state index in [0.29, 0.717) is 6.92 Å². The lowest BCUT2D eigenvalue weighted by Crippen LogP contribution is -2.25. The van der Waals surface area contributed by atoms with E-state index in [2.05, 4.69) is 0 Å². The van der Waals surface area contributed by atoms with Crippen LogP contribution < -0.4 is 15.2 Å². The lowest BCUT2D eigenvalue weighted by Gasteiger charge is -2.20. The standard InChI is InChI=1S/C12H15F2NO4/c1-12(13,14)7-5-9(19-3)8(18-2)4-6(7)10(15)11(16)17/h4-5,10H,15H2,1-3H3,(H,16,17). The van der Waals surface area contributed by atoms with E-state index < -0.39 is 23.5 Å². The van der Waals surface area contributed by atoms with Gasteiger partial charge >= 0.3 is 5.97 Å². The smallest absolute Gasteiger partial charge is 0.325 e. The largest absolute Gasteiger partial charge is 0.493 e. The first-order valence-electron chi connectivity index (χ1n) is 5.35. The van der Waals surface area contributed by atoms with Crippen molar-refractivity contribution in [1.29, 1.82) is 0 Å². The van der Waals surface area contributed by atoms with E-state index in [0.717, 1.165) is 12.1 Å². The number of carboxylic acid groups (broad SMARTS) is 1. The number of alkyl halides is 2. The number of hydrogen-bond acceptors (Lipinski definition) is 4. The number of halogens is 2. The summed E-state index contributed by atoms with van der Waals surface area (Å²) in [7, 11) is 2.62. The fourth-order valence-electron chi connectivity index (χ4n) is 1.67. The van der Waals surface area contributed by atoms with Crippen molar-refractivity contribution in [3.63, 3.8) is 0 Å². The first-order chi connectivity index (χ1) is 8.72. The molecule has 19 heavy (non-hydrogen) atoms. The van der Waals surface area contributed by atoms with Crippen molar-refractivity contribution in [1.82, 2.24) is 0 Å². The van der Waals surface area contributed by atoms with E-state index in [1.165, 1.54) is 14.2 Å². The van der Waals surface area contributed by atoms with Gasteiger partial charge in [0, 0.05) is 12.5 Å². The molecule has 0 radical (unpaired) electrons. The van der Waals surface area contributed by atoms with E-state index in [1.807, 2.05) is 0 Å². The van der Waals surface area contributed by atoms with Crippen LogP contribution in [0.4, 0.5) is 8.78 Å². The molecular weight excluding hydrogens is 260 g/mol. The molecule has 1 unspecified atom stereocenters. The van der Waals surface area contributed by atoms with Crippen molar-refractivity contribution >= 4 is 5.97 Å². The fourth-order valence-corrected chi connectivity index (χ4v) is 1.67. The van der Waals surface area contributed by atoms with Gasteiger partial charge in [0.15, 0.2) is 11.5 Å². The minimum absolute atomic E-state index is 0.0837. The average Bonchev–Trinajstić information content (AvgIpc) is 2.34. The van der Waals surface area contributed by atoms with Crippen LogP contribution in [0.1, 0.15) is 24.1 Å². The summed E-state index contributed by atoms with van der Waals surface area (Å²) in [5.41, 5.74) is 4.71. The van der Waals surface area contributed by atoms with Crippen LogP contribution in [0.5, 0.6) is 11.5 Å². The van der Waals surface area contributed by atoms with Gasteiger partial charge < -0.3 is 20.3 Å². The summed E-state index contributed by atoms with van der Waals surface area (Å²) in [5.74, 6) is -4.43. The third-order valence-corrected chi connectivity index (χ3v) is 2.63. The topological polar surface area (TPSA) is 81.8 Å². The predicted molar refractivity (Wildman–Crippen MR) is 63.7 cm³/mol. The predicted octanol–water partition coefficient (Wildman–Crippen LogP) is 1.90. The van der Waals surface area contributed by atoms with Gasteiger partial charge in [-0.25, -0.2) is 8.78 Å². The Morgan fingerprint density at radius 3 is 2.16 bits per heavy atom. The number of aliphatic carboxylic acids is 1. The van der Waals surface area contributed by atoms with Crippen molar-refractivity contribution in [3.05, 3.63) is 23.3 Å². The molecule has 0 amide bonds. The molecule has 0 saturated carbocycles. The fraction of sp³-hybridized carbons (Fsp3) is 0.417. The molecule has 7 heteroatoms. The van der Waals surface area contributed by atoms with E-state index >= 15 is 0 Å². The second-order valence-corrected chi connectivity index (χ2v) is 4.00. The average molecular weight is 275 g/mol. The maximum atomic E-state index is 13.5. The molecule has 106 valence electrons. The molecule has 1 rings (SSSR count). The maximum absolute atomic E-state index is 13.5. The van der Waals surface area contributed by atoms with Gasteiger partial charge in [-0.2, -0.15) is 0 Å². The van der Waals surface area contributed by atoms with Crippen LogP contribution in [0.25, 0.3) is 0 Å². The van der Waals surface area contributed by atoms with Gasteiger partial charge in [-0.15, -0.1) is 0 Å². The molecule has 0 aliphatic heterocycles. The van der Waals surface area contributed by atoms with Gasteiger partial charge in [0.2, 0.25) is 0 Å². The lowest BCUT2D eigenvalue weighted by molar-refractivity contribution is -0.138. The van der Waals surface area contributed by atoms with Crippen LogP contribution in [0, 0.1) is 0 Å². The number of methoxy groups -OCH3 is 2. The number of benzene rings is 1. The minimum Gasteiger partial charge on any atom is -0.493 e. The van der Waals surface area contributed by atoms with Gasteiger partial charge in [0.25, 0.3) is 5.92 Å². The van der Waals surface area contributed by atoms with Crippen molar-refractivity contribution < 1.29 is 28.2 Å². The molecule has 0 aromatic heterocycles. The third-order valence-electron chi connectivity index (χ3n) is 2.63. The Morgan fingerprint density at radius 2 is 1.79 bits per heavy atom. The zero-order valence-electron chi connectivity index (χ0n) is 10.7. The first-order valence-corrected chi connectivity index (χ1v) is 5.35. The summed E-state index contributed by atoms with van der Waals surface area (Å²) in [5, 5.41) is 8.87. The molecule has 1 atom stereocenters. The molecule has 0 fully saturated rings. The second kappa shape index (κ2) is 5.40. The molecule has 0 saturated heterocycles. The second-order valence-electron chi connectivity index (χ2n) is 4.00. The van der Waals surface area contributed by atoms with Crippen LogP contribution in [-0.2, 0) is 10.7 Å². The van der Waals surface area contributed by atoms with Gasteiger partial charge in [-0.3, -0.25) is 4.79 Å². The monoisotopic (exact) mass is 275 g/mol. The van der Waals surface area contributed by atoms with E-state index in [1.54, 1.807) is 0 Å². The maximum Gasteiger partial charge on any atom is 0.325 e. The summed E-state index contributed by atoms with van der Waals surface area (Å²) < 4.78 is 37.0. The molecular formula is C12H15F2NO4. The Labute approximate surface area is 108 Å². The van der Waals surface area contributed by atoms with Gasteiger partial charge in [-0.1, -0.05) is 0 Å². The Balaban J connectivity index is 3.53. The molecule has 3 N–H and O–H groups in total. The normalized spacial score (nSPS) is 12.9. The van der Waals surface area contributed by atoms with Gasteiger partial charge in [-0.05, 0) is 17.7 Å². The Kier molecular flexibility index (Phi) is 4.31. The summed E-state index contributed by atoms with van der Waals surface area (Å²) >= 11 is 0. The highest BCUT2D eigenvalue weighted by molar-refractivity contribution is 5.76. The lowest BCUT2D eigenvalue weighted by atomic mass is 9.96.